The zero-order valence-electron chi connectivity index (χ0n) is 6.52. The van der Waals surface area contributed by atoms with Crippen LogP contribution < -0.4 is 4.74 Å². The normalized spacial score (nSPS) is 10.6. The average Bonchev–Trinajstić information content (AvgIpc) is 2.08. The van der Waals surface area contributed by atoms with E-state index in [0.717, 1.165) is 6.07 Å². The van der Waals surface area contributed by atoms with Crippen molar-refractivity contribution in [1.29, 1.82) is 0 Å². The molecule has 1 aromatic rings. The molecule has 0 aliphatic rings. The predicted molar refractivity (Wildman–Crippen MR) is 48.5 cm³/mol. The van der Waals surface area contributed by atoms with Crippen LogP contribution in [0.3, 0.4) is 0 Å². The molecule has 0 unspecified atom stereocenters. The third kappa shape index (κ3) is 2.28. The van der Waals surface area contributed by atoms with Gasteiger partial charge in [-0.1, -0.05) is 11.6 Å². The zero-order valence-corrected chi connectivity index (χ0v) is 8.86. The summed E-state index contributed by atoms with van der Waals surface area (Å²) in [7, 11) is 1.32. The topological polar surface area (TPSA) is 22.1 Å². The van der Waals surface area contributed by atoms with Crippen molar-refractivity contribution in [2.45, 2.75) is 6.43 Å². The summed E-state index contributed by atoms with van der Waals surface area (Å²) in [6, 6.07) is 1.16. The van der Waals surface area contributed by atoms with Crippen molar-refractivity contribution >= 4 is 27.5 Å². The molecule has 0 spiro atoms. The van der Waals surface area contributed by atoms with Gasteiger partial charge in [-0.25, -0.2) is 13.8 Å². The fourth-order valence-electron chi connectivity index (χ4n) is 0.788. The Balaban J connectivity index is 3.27. The van der Waals surface area contributed by atoms with Gasteiger partial charge in [0.05, 0.1) is 7.11 Å². The van der Waals surface area contributed by atoms with Crippen LogP contribution in [-0.2, 0) is 0 Å². The molecule has 1 heterocycles. The Labute approximate surface area is 87.0 Å². The number of hydrogen-bond acceptors (Lipinski definition) is 2. The molecule has 1 rings (SSSR count). The lowest BCUT2D eigenvalue weighted by Gasteiger charge is -2.07. The number of aromatic nitrogens is 1. The van der Waals surface area contributed by atoms with E-state index in [9.17, 15) is 8.78 Å². The van der Waals surface area contributed by atoms with Gasteiger partial charge in [-0.3, -0.25) is 0 Å². The second kappa shape index (κ2) is 4.19. The molecule has 0 N–H and O–H groups in total. The minimum atomic E-state index is -2.64. The SMILES string of the molecule is COc1nc(Br)cc(C(F)F)c1Cl. The number of methoxy groups -OCH3 is 1. The summed E-state index contributed by atoms with van der Waals surface area (Å²) in [4.78, 5) is 3.76. The average molecular weight is 272 g/mol. The van der Waals surface area contributed by atoms with Crippen molar-refractivity contribution in [2.24, 2.45) is 0 Å². The van der Waals surface area contributed by atoms with E-state index in [1.165, 1.54) is 7.11 Å². The van der Waals surface area contributed by atoms with E-state index in [0.29, 0.717) is 0 Å². The molecule has 6 heteroatoms. The van der Waals surface area contributed by atoms with Gasteiger partial charge in [0.1, 0.15) is 9.63 Å². The van der Waals surface area contributed by atoms with Crippen LogP contribution in [0.5, 0.6) is 5.88 Å². The molecule has 72 valence electrons. The molecule has 2 nitrogen and oxygen atoms in total. The molecule has 1 aromatic heterocycles. The van der Waals surface area contributed by atoms with Gasteiger partial charge in [0.2, 0.25) is 5.88 Å². The van der Waals surface area contributed by atoms with Crippen LogP contribution in [0, 0.1) is 0 Å². The standard InChI is InChI=1S/C7H5BrClF2NO/c1-13-7-5(9)3(6(10)11)2-4(8)12-7/h2,6H,1H3. The molecule has 0 fully saturated rings. The Morgan fingerprint density at radius 1 is 1.62 bits per heavy atom. The van der Waals surface area contributed by atoms with Crippen LogP contribution >= 0.6 is 27.5 Å². The van der Waals surface area contributed by atoms with Crippen molar-refractivity contribution in [1.82, 2.24) is 4.98 Å². The van der Waals surface area contributed by atoms with Crippen LogP contribution in [0.15, 0.2) is 10.7 Å². The molecule has 0 aromatic carbocycles. The maximum atomic E-state index is 12.3. The summed E-state index contributed by atoms with van der Waals surface area (Å²) in [5.74, 6) is -0.00802. The number of rotatable bonds is 2. The maximum absolute atomic E-state index is 12.3. The summed E-state index contributed by atoms with van der Waals surface area (Å²) < 4.78 is 29.6. The van der Waals surface area contributed by atoms with Crippen molar-refractivity contribution in [3.8, 4) is 5.88 Å². The second-order valence-corrected chi connectivity index (χ2v) is 3.35. The fourth-order valence-corrected chi connectivity index (χ4v) is 1.45. The summed E-state index contributed by atoms with van der Waals surface area (Å²) >= 11 is 8.56. The van der Waals surface area contributed by atoms with Crippen LogP contribution in [0.2, 0.25) is 5.02 Å². The van der Waals surface area contributed by atoms with Crippen LogP contribution in [0.1, 0.15) is 12.0 Å². The number of pyridine rings is 1. The number of nitrogens with zero attached hydrogens (tertiary/aromatic N) is 1. The largest absolute Gasteiger partial charge is 0.480 e. The molecule has 0 saturated heterocycles. The van der Waals surface area contributed by atoms with Crippen LogP contribution in [-0.4, -0.2) is 12.1 Å². The molecule has 0 amide bonds. The Kier molecular flexibility index (Phi) is 3.44. The highest BCUT2D eigenvalue weighted by Gasteiger charge is 2.17. The van der Waals surface area contributed by atoms with Crippen molar-refractivity contribution in [3.05, 3.63) is 21.3 Å². The molecular weight excluding hydrogens is 267 g/mol. The lowest BCUT2D eigenvalue weighted by atomic mass is 10.3. The number of hydrogen-bond donors (Lipinski definition) is 0. The zero-order chi connectivity index (χ0) is 10.0. The highest BCUT2D eigenvalue weighted by atomic mass is 79.9. The summed E-state index contributed by atoms with van der Waals surface area (Å²) in [5.41, 5.74) is -0.291. The first-order chi connectivity index (χ1) is 6.06. The van der Waals surface area contributed by atoms with E-state index in [4.69, 9.17) is 16.3 Å². The third-order valence-electron chi connectivity index (χ3n) is 1.35. The lowest BCUT2D eigenvalue weighted by Crippen LogP contribution is -1.94. The highest BCUT2D eigenvalue weighted by molar-refractivity contribution is 9.10. The van der Waals surface area contributed by atoms with Gasteiger partial charge in [-0.15, -0.1) is 0 Å². The van der Waals surface area contributed by atoms with Crippen molar-refractivity contribution in [3.63, 3.8) is 0 Å². The summed E-state index contributed by atoms with van der Waals surface area (Å²) in [6.07, 6.45) is -2.64. The fraction of sp³-hybridized carbons (Fsp3) is 0.286. The minimum Gasteiger partial charge on any atom is -0.480 e. The first-order valence-electron chi connectivity index (χ1n) is 3.24. The first-order valence-corrected chi connectivity index (χ1v) is 4.41. The van der Waals surface area contributed by atoms with E-state index >= 15 is 0 Å². The Morgan fingerprint density at radius 2 is 2.23 bits per heavy atom. The lowest BCUT2D eigenvalue weighted by molar-refractivity contribution is 0.151. The molecule has 13 heavy (non-hydrogen) atoms. The predicted octanol–water partition coefficient (Wildman–Crippen LogP) is 3.44. The van der Waals surface area contributed by atoms with E-state index in [-0.39, 0.29) is 21.1 Å². The number of alkyl halides is 2. The molecule has 0 aliphatic carbocycles. The van der Waals surface area contributed by atoms with E-state index < -0.39 is 6.43 Å². The Hall–Kier alpha value is -0.420. The minimum absolute atomic E-state index is 0.00802. The highest BCUT2D eigenvalue weighted by Crippen LogP contribution is 2.34. The maximum Gasteiger partial charge on any atom is 0.265 e. The van der Waals surface area contributed by atoms with Gasteiger partial charge < -0.3 is 4.74 Å². The smallest absolute Gasteiger partial charge is 0.265 e. The molecular formula is C7H5BrClF2NO. The van der Waals surface area contributed by atoms with E-state index in [1.54, 1.807) is 0 Å². The van der Waals surface area contributed by atoms with Crippen LogP contribution in [0.4, 0.5) is 8.78 Å². The summed E-state index contributed by atoms with van der Waals surface area (Å²) in [6.45, 7) is 0. The van der Waals surface area contributed by atoms with E-state index in [1.807, 2.05) is 0 Å². The Morgan fingerprint density at radius 3 is 2.69 bits per heavy atom. The summed E-state index contributed by atoms with van der Waals surface area (Å²) in [5, 5.41) is -0.152. The van der Waals surface area contributed by atoms with E-state index in [2.05, 4.69) is 20.9 Å². The molecule has 0 aliphatic heterocycles. The molecule has 0 bridgehead atoms. The first kappa shape index (κ1) is 10.7. The van der Waals surface area contributed by atoms with Gasteiger partial charge in [-0.2, -0.15) is 0 Å². The van der Waals surface area contributed by atoms with Crippen molar-refractivity contribution < 1.29 is 13.5 Å². The molecule has 0 saturated carbocycles. The molecule has 0 atom stereocenters. The third-order valence-corrected chi connectivity index (χ3v) is 2.14. The van der Waals surface area contributed by atoms with Gasteiger partial charge >= 0.3 is 0 Å². The molecule has 0 radical (unpaired) electrons. The number of halogens is 4. The van der Waals surface area contributed by atoms with Gasteiger partial charge in [-0.05, 0) is 22.0 Å². The second-order valence-electron chi connectivity index (χ2n) is 2.16. The van der Waals surface area contributed by atoms with Crippen LogP contribution in [0.25, 0.3) is 0 Å². The van der Waals surface area contributed by atoms with Gasteiger partial charge in [0, 0.05) is 5.56 Å². The van der Waals surface area contributed by atoms with Crippen molar-refractivity contribution in [2.75, 3.05) is 7.11 Å². The van der Waals surface area contributed by atoms with Gasteiger partial charge in [0.15, 0.2) is 0 Å². The quantitative estimate of drug-likeness (QED) is 0.769. The van der Waals surface area contributed by atoms with Gasteiger partial charge in [0.25, 0.3) is 6.43 Å². The monoisotopic (exact) mass is 271 g/mol. The Bertz CT molecular complexity index is 322. The number of ether oxygens (including phenoxy) is 1.